The predicted molar refractivity (Wildman–Crippen MR) is 95.6 cm³/mol. The quantitative estimate of drug-likeness (QED) is 0.700. The van der Waals surface area contributed by atoms with Gasteiger partial charge in [-0.1, -0.05) is 35.9 Å². The second kappa shape index (κ2) is 6.63. The minimum atomic E-state index is -0.210. The van der Waals surface area contributed by atoms with E-state index in [1.54, 1.807) is 12.1 Å². The monoisotopic (exact) mass is 322 g/mol. The van der Waals surface area contributed by atoms with Gasteiger partial charge >= 0.3 is 0 Å². The number of carbonyl (C=O) groups excluding carboxylic acids is 1. The SMILES string of the molecule is Cc1ccc2c(NC(=O)C=Cc3ccccc3Cl)cccc2n1. The molecule has 0 aliphatic rings. The summed E-state index contributed by atoms with van der Waals surface area (Å²) in [5.41, 5.74) is 3.35. The van der Waals surface area contributed by atoms with E-state index in [2.05, 4.69) is 10.3 Å². The number of nitrogens with zero attached hydrogens (tertiary/aromatic N) is 1. The topological polar surface area (TPSA) is 42.0 Å². The fourth-order valence-electron chi connectivity index (χ4n) is 2.32. The van der Waals surface area contributed by atoms with Crippen molar-refractivity contribution >= 4 is 40.2 Å². The first-order valence-corrected chi connectivity index (χ1v) is 7.61. The van der Waals surface area contributed by atoms with Gasteiger partial charge in [-0.15, -0.1) is 0 Å². The Kier molecular flexibility index (Phi) is 4.40. The van der Waals surface area contributed by atoms with E-state index in [0.29, 0.717) is 5.02 Å². The minimum absolute atomic E-state index is 0.210. The fraction of sp³-hybridized carbons (Fsp3) is 0.0526. The Morgan fingerprint density at radius 2 is 1.91 bits per heavy atom. The van der Waals surface area contributed by atoms with Crippen LogP contribution in [0.2, 0.25) is 5.02 Å². The van der Waals surface area contributed by atoms with E-state index in [1.165, 1.54) is 6.08 Å². The van der Waals surface area contributed by atoms with E-state index in [-0.39, 0.29) is 5.91 Å². The maximum absolute atomic E-state index is 12.1. The van der Waals surface area contributed by atoms with E-state index < -0.39 is 0 Å². The van der Waals surface area contributed by atoms with Gasteiger partial charge in [0, 0.05) is 22.2 Å². The lowest BCUT2D eigenvalue weighted by Gasteiger charge is -2.07. The molecule has 3 nitrogen and oxygen atoms in total. The van der Waals surface area contributed by atoms with Gasteiger partial charge in [-0.05, 0) is 48.9 Å². The Morgan fingerprint density at radius 1 is 1.09 bits per heavy atom. The second-order valence-corrected chi connectivity index (χ2v) is 5.58. The van der Waals surface area contributed by atoms with Crippen LogP contribution in [0, 0.1) is 6.92 Å². The highest BCUT2D eigenvalue weighted by molar-refractivity contribution is 6.32. The van der Waals surface area contributed by atoms with Gasteiger partial charge in [-0.3, -0.25) is 9.78 Å². The number of hydrogen-bond donors (Lipinski definition) is 1. The van der Waals surface area contributed by atoms with Crippen molar-refractivity contribution in [2.75, 3.05) is 5.32 Å². The zero-order valence-electron chi connectivity index (χ0n) is 12.6. The Hall–Kier alpha value is -2.65. The second-order valence-electron chi connectivity index (χ2n) is 5.17. The molecule has 1 amide bonds. The van der Waals surface area contributed by atoms with Gasteiger partial charge in [0.2, 0.25) is 5.91 Å². The third kappa shape index (κ3) is 3.58. The molecule has 0 spiro atoms. The molecule has 0 saturated carbocycles. The lowest BCUT2D eigenvalue weighted by molar-refractivity contribution is -0.111. The molecule has 1 heterocycles. The third-order valence-electron chi connectivity index (χ3n) is 3.45. The number of carbonyl (C=O) groups is 1. The van der Waals surface area contributed by atoms with Crippen LogP contribution in [-0.4, -0.2) is 10.9 Å². The van der Waals surface area contributed by atoms with Gasteiger partial charge in [0.15, 0.2) is 0 Å². The molecule has 4 heteroatoms. The molecule has 1 N–H and O–H groups in total. The molecule has 1 aromatic heterocycles. The maximum atomic E-state index is 12.1. The summed E-state index contributed by atoms with van der Waals surface area (Å²) in [4.78, 5) is 16.6. The molecule has 23 heavy (non-hydrogen) atoms. The zero-order valence-corrected chi connectivity index (χ0v) is 13.3. The highest BCUT2D eigenvalue weighted by atomic mass is 35.5. The van der Waals surface area contributed by atoms with Crippen molar-refractivity contribution < 1.29 is 4.79 Å². The number of aromatic nitrogens is 1. The molecule has 2 aromatic carbocycles. The lowest BCUT2D eigenvalue weighted by Crippen LogP contribution is -2.08. The number of nitrogens with one attached hydrogen (secondary N) is 1. The van der Waals surface area contributed by atoms with Gasteiger partial charge in [0.1, 0.15) is 0 Å². The summed E-state index contributed by atoms with van der Waals surface area (Å²) in [7, 11) is 0. The molecular formula is C19H15ClN2O. The maximum Gasteiger partial charge on any atom is 0.248 e. The molecule has 3 aromatic rings. The molecule has 0 aliphatic heterocycles. The Bertz CT molecular complexity index is 903. The van der Waals surface area contributed by atoms with E-state index in [4.69, 9.17) is 11.6 Å². The number of pyridine rings is 1. The molecule has 0 saturated heterocycles. The van der Waals surface area contributed by atoms with Gasteiger partial charge in [0.25, 0.3) is 0 Å². The number of rotatable bonds is 3. The highest BCUT2D eigenvalue weighted by Crippen LogP contribution is 2.22. The summed E-state index contributed by atoms with van der Waals surface area (Å²) in [5, 5.41) is 4.41. The summed E-state index contributed by atoms with van der Waals surface area (Å²) < 4.78 is 0. The van der Waals surface area contributed by atoms with Crippen LogP contribution in [-0.2, 0) is 4.79 Å². The molecule has 0 fully saturated rings. The first-order chi connectivity index (χ1) is 11.1. The predicted octanol–water partition coefficient (Wildman–Crippen LogP) is 4.85. The molecule has 0 radical (unpaired) electrons. The Morgan fingerprint density at radius 3 is 2.74 bits per heavy atom. The van der Waals surface area contributed by atoms with Crippen LogP contribution in [0.5, 0.6) is 0 Å². The normalized spacial score (nSPS) is 11.0. The molecule has 0 unspecified atom stereocenters. The third-order valence-corrected chi connectivity index (χ3v) is 3.79. The summed E-state index contributed by atoms with van der Waals surface area (Å²) >= 11 is 6.07. The largest absolute Gasteiger partial charge is 0.322 e. The highest BCUT2D eigenvalue weighted by Gasteiger charge is 2.04. The smallest absolute Gasteiger partial charge is 0.248 e. The standard InChI is InChI=1S/C19H15ClN2O/c1-13-9-11-15-17(21-13)7-4-8-18(15)22-19(23)12-10-14-5-2-3-6-16(14)20/h2-12H,1H3,(H,22,23). The molecule has 0 bridgehead atoms. The molecular weight excluding hydrogens is 308 g/mol. The van der Waals surface area contributed by atoms with Crippen molar-refractivity contribution in [2.24, 2.45) is 0 Å². The van der Waals surface area contributed by atoms with Crippen molar-refractivity contribution in [3.05, 3.63) is 77.0 Å². The average Bonchev–Trinajstić information content (AvgIpc) is 2.54. The molecule has 3 rings (SSSR count). The first-order valence-electron chi connectivity index (χ1n) is 7.23. The number of anilines is 1. The van der Waals surface area contributed by atoms with Crippen LogP contribution in [0.4, 0.5) is 5.69 Å². The van der Waals surface area contributed by atoms with Crippen LogP contribution in [0.25, 0.3) is 17.0 Å². The van der Waals surface area contributed by atoms with Crippen LogP contribution < -0.4 is 5.32 Å². The summed E-state index contributed by atoms with van der Waals surface area (Å²) in [6, 6.07) is 16.9. The minimum Gasteiger partial charge on any atom is -0.322 e. The Labute approximate surface area is 139 Å². The van der Waals surface area contributed by atoms with E-state index >= 15 is 0 Å². The van der Waals surface area contributed by atoms with Crippen LogP contribution in [0.15, 0.2) is 60.7 Å². The van der Waals surface area contributed by atoms with E-state index in [9.17, 15) is 4.79 Å². The summed E-state index contributed by atoms with van der Waals surface area (Å²) in [6.07, 6.45) is 3.17. The number of benzene rings is 2. The number of fused-ring (bicyclic) bond motifs is 1. The van der Waals surface area contributed by atoms with Crippen molar-refractivity contribution in [3.8, 4) is 0 Å². The summed E-state index contributed by atoms with van der Waals surface area (Å²) in [6.45, 7) is 1.94. The average molecular weight is 323 g/mol. The zero-order chi connectivity index (χ0) is 16.2. The lowest BCUT2D eigenvalue weighted by atomic mass is 10.1. The van der Waals surface area contributed by atoms with Crippen molar-refractivity contribution in [1.82, 2.24) is 4.98 Å². The van der Waals surface area contributed by atoms with Gasteiger partial charge in [0.05, 0.1) is 11.2 Å². The van der Waals surface area contributed by atoms with E-state index in [0.717, 1.165) is 27.8 Å². The summed E-state index contributed by atoms with van der Waals surface area (Å²) in [5.74, 6) is -0.210. The van der Waals surface area contributed by atoms with E-state index in [1.807, 2.05) is 55.5 Å². The van der Waals surface area contributed by atoms with Gasteiger partial charge in [-0.2, -0.15) is 0 Å². The van der Waals surface area contributed by atoms with Crippen LogP contribution in [0.1, 0.15) is 11.3 Å². The first kappa shape index (κ1) is 15.3. The number of amides is 1. The van der Waals surface area contributed by atoms with Crippen molar-refractivity contribution in [1.29, 1.82) is 0 Å². The number of aryl methyl sites for hydroxylation is 1. The number of halogens is 1. The molecule has 0 atom stereocenters. The Balaban J connectivity index is 1.82. The number of hydrogen-bond acceptors (Lipinski definition) is 2. The van der Waals surface area contributed by atoms with Gasteiger partial charge < -0.3 is 5.32 Å². The fourth-order valence-corrected chi connectivity index (χ4v) is 2.51. The van der Waals surface area contributed by atoms with Gasteiger partial charge in [-0.25, -0.2) is 0 Å². The van der Waals surface area contributed by atoms with Crippen molar-refractivity contribution in [2.45, 2.75) is 6.92 Å². The molecule has 0 aliphatic carbocycles. The van der Waals surface area contributed by atoms with Crippen LogP contribution in [0.3, 0.4) is 0 Å². The van der Waals surface area contributed by atoms with Crippen LogP contribution >= 0.6 is 11.6 Å². The van der Waals surface area contributed by atoms with Crippen molar-refractivity contribution in [3.63, 3.8) is 0 Å². The molecule has 114 valence electrons.